The molecular weight excluding hydrogens is 360 g/mol. The minimum atomic E-state index is -0.130. The van der Waals surface area contributed by atoms with Crippen LogP contribution in [0.1, 0.15) is 29.7 Å². The topological polar surface area (TPSA) is 49.3 Å². The molecule has 1 fully saturated rings. The average Bonchev–Trinajstić information content (AvgIpc) is 3.23. The number of para-hydroxylation sites is 2. The summed E-state index contributed by atoms with van der Waals surface area (Å²) in [5.41, 5.74) is 6.77. The third kappa shape index (κ3) is 2.97. The van der Waals surface area contributed by atoms with Gasteiger partial charge < -0.3 is 20.1 Å². The van der Waals surface area contributed by atoms with Crippen LogP contribution in [-0.4, -0.2) is 28.6 Å². The fraction of sp³-hybridized carbons (Fsp3) is 0.292. The number of carbonyl (C=O) groups is 1. The van der Waals surface area contributed by atoms with Gasteiger partial charge in [0.2, 0.25) is 0 Å². The van der Waals surface area contributed by atoms with E-state index in [1.807, 2.05) is 23.1 Å². The molecule has 3 heterocycles. The maximum absolute atomic E-state index is 12.8. The van der Waals surface area contributed by atoms with Crippen molar-refractivity contribution in [1.82, 2.24) is 9.47 Å². The molecule has 29 heavy (non-hydrogen) atoms. The number of nitrogens with one attached hydrogen (secondary N) is 2. The number of fused-ring (bicyclic) bond motifs is 4. The Bertz CT molecular complexity index is 1080. The first-order valence-corrected chi connectivity index (χ1v) is 10.2. The molecule has 0 atom stereocenters. The van der Waals surface area contributed by atoms with Crippen molar-refractivity contribution in [3.8, 4) is 5.69 Å². The smallest absolute Gasteiger partial charge is 0.321 e. The molecule has 1 aromatic heterocycles. The molecule has 5 heteroatoms. The van der Waals surface area contributed by atoms with Crippen molar-refractivity contribution in [2.24, 2.45) is 0 Å². The number of urea groups is 1. The summed E-state index contributed by atoms with van der Waals surface area (Å²) in [6.45, 7) is 5.58. The highest BCUT2D eigenvalue weighted by molar-refractivity contribution is 5.89. The van der Waals surface area contributed by atoms with Crippen LogP contribution in [0.5, 0.6) is 0 Å². The number of benzene rings is 2. The standard InChI is InChI=1S/C24H26N4O/c1-17-9-10-19(16-18(17)2)25-23(29)27-14-11-24(12-15-27)22-8-5-13-28(22)21-7-4-3-6-20(21)26-24/h3-10,13,16,26H,11-12,14-15H2,1-2H3,(H,25,29). The second kappa shape index (κ2) is 6.69. The van der Waals surface area contributed by atoms with Crippen LogP contribution in [0.2, 0.25) is 0 Å². The van der Waals surface area contributed by atoms with Gasteiger partial charge in [-0.15, -0.1) is 0 Å². The Hall–Kier alpha value is -3.21. The van der Waals surface area contributed by atoms with Gasteiger partial charge in [0.15, 0.2) is 0 Å². The largest absolute Gasteiger partial charge is 0.372 e. The lowest BCUT2D eigenvalue weighted by Gasteiger charge is -2.46. The van der Waals surface area contributed by atoms with E-state index in [9.17, 15) is 4.79 Å². The molecule has 3 aromatic rings. The molecule has 2 amide bonds. The van der Waals surface area contributed by atoms with E-state index in [0.29, 0.717) is 0 Å². The van der Waals surface area contributed by atoms with Crippen molar-refractivity contribution in [2.45, 2.75) is 32.2 Å². The quantitative estimate of drug-likeness (QED) is 0.615. The first kappa shape index (κ1) is 17.9. The number of anilines is 2. The molecule has 2 aliphatic rings. The van der Waals surface area contributed by atoms with Gasteiger partial charge in [0, 0.05) is 30.7 Å². The highest BCUT2D eigenvalue weighted by Crippen LogP contribution is 2.43. The Labute approximate surface area is 171 Å². The van der Waals surface area contributed by atoms with E-state index in [1.54, 1.807) is 0 Å². The monoisotopic (exact) mass is 386 g/mol. The molecule has 2 aromatic carbocycles. The summed E-state index contributed by atoms with van der Waals surface area (Å²) in [6.07, 6.45) is 3.90. The van der Waals surface area contributed by atoms with Gasteiger partial charge in [0.25, 0.3) is 0 Å². The zero-order valence-corrected chi connectivity index (χ0v) is 16.9. The number of hydrogen-bond donors (Lipinski definition) is 2. The van der Waals surface area contributed by atoms with Gasteiger partial charge in [-0.25, -0.2) is 4.79 Å². The lowest BCUT2D eigenvalue weighted by molar-refractivity contribution is 0.174. The first-order chi connectivity index (χ1) is 14.1. The van der Waals surface area contributed by atoms with Gasteiger partial charge in [-0.05, 0) is 74.2 Å². The van der Waals surface area contributed by atoms with Gasteiger partial charge in [-0.1, -0.05) is 18.2 Å². The Morgan fingerprint density at radius 3 is 2.59 bits per heavy atom. The van der Waals surface area contributed by atoms with Gasteiger partial charge in [0.05, 0.1) is 16.9 Å². The molecular formula is C24H26N4O. The highest BCUT2D eigenvalue weighted by atomic mass is 16.2. The second-order valence-corrected chi connectivity index (χ2v) is 8.20. The SMILES string of the molecule is Cc1ccc(NC(=O)N2CCC3(CC2)Nc2ccccc2-n2cccc23)cc1C. The van der Waals surface area contributed by atoms with E-state index >= 15 is 0 Å². The molecule has 0 unspecified atom stereocenters. The number of aryl methyl sites for hydroxylation is 2. The number of piperidine rings is 1. The van der Waals surface area contributed by atoms with E-state index in [1.165, 1.54) is 22.5 Å². The summed E-state index contributed by atoms with van der Waals surface area (Å²) in [5, 5.41) is 6.86. The Balaban J connectivity index is 1.33. The maximum atomic E-state index is 12.8. The third-order valence-corrected chi connectivity index (χ3v) is 6.44. The number of carbonyl (C=O) groups excluding carboxylic acids is 1. The zero-order valence-electron chi connectivity index (χ0n) is 16.9. The van der Waals surface area contributed by atoms with Crippen molar-refractivity contribution in [1.29, 1.82) is 0 Å². The van der Waals surface area contributed by atoms with E-state index in [4.69, 9.17) is 0 Å². The van der Waals surface area contributed by atoms with E-state index < -0.39 is 0 Å². The number of aromatic nitrogens is 1. The number of amides is 2. The fourth-order valence-corrected chi connectivity index (χ4v) is 4.59. The predicted molar refractivity (Wildman–Crippen MR) is 117 cm³/mol. The summed E-state index contributed by atoms with van der Waals surface area (Å²) >= 11 is 0. The van der Waals surface area contributed by atoms with Crippen LogP contribution < -0.4 is 10.6 Å². The molecule has 2 aliphatic heterocycles. The summed E-state index contributed by atoms with van der Waals surface area (Å²) in [4.78, 5) is 14.7. The van der Waals surface area contributed by atoms with Crippen LogP contribution in [0.4, 0.5) is 16.2 Å². The van der Waals surface area contributed by atoms with Gasteiger partial charge in [-0.2, -0.15) is 0 Å². The molecule has 5 rings (SSSR count). The first-order valence-electron chi connectivity index (χ1n) is 10.2. The molecule has 5 nitrogen and oxygen atoms in total. The van der Waals surface area contributed by atoms with Crippen molar-refractivity contribution in [2.75, 3.05) is 23.7 Å². The summed E-state index contributed by atoms with van der Waals surface area (Å²) in [7, 11) is 0. The predicted octanol–water partition coefficient (Wildman–Crippen LogP) is 5.04. The number of rotatable bonds is 1. The molecule has 0 saturated carbocycles. The number of nitrogens with zero attached hydrogens (tertiary/aromatic N) is 2. The molecule has 1 saturated heterocycles. The van der Waals surface area contributed by atoms with Gasteiger partial charge in [-0.3, -0.25) is 0 Å². The Kier molecular flexibility index (Phi) is 4.12. The molecule has 2 N–H and O–H groups in total. The molecule has 148 valence electrons. The van der Waals surface area contributed by atoms with Gasteiger partial charge >= 0.3 is 6.03 Å². The molecule has 0 bridgehead atoms. The number of likely N-dealkylation sites (tertiary alicyclic amines) is 1. The van der Waals surface area contributed by atoms with Crippen molar-refractivity contribution < 1.29 is 4.79 Å². The minimum Gasteiger partial charge on any atom is -0.372 e. The minimum absolute atomic E-state index is 0.0188. The summed E-state index contributed by atoms with van der Waals surface area (Å²) in [5.74, 6) is 0. The van der Waals surface area contributed by atoms with E-state index in [0.717, 1.165) is 37.3 Å². The third-order valence-electron chi connectivity index (χ3n) is 6.44. The van der Waals surface area contributed by atoms with Crippen LogP contribution >= 0.6 is 0 Å². The fourth-order valence-electron chi connectivity index (χ4n) is 4.59. The molecule has 0 radical (unpaired) electrons. The zero-order chi connectivity index (χ0) is 20.0. The van der Waals surface area contributed by atoms with Crippen LogP contribution in [0.25, 0.3) is 5.69 Å². The molecule has 0 aliphatic carbocycles. The van der Waals surface area contributed by atoms with Crippen molar-refractivity contribution in [3.63, 3.8) is 0 Å². The maximum Gasteiger partial charge on any atom is 0.321 e. The Morgan fingerprint density at radius 2 is 1.79 bits per heavy atom. The van der Waals surface area contributed by atoms with Crippen LogP contribution in [0, 0.1) is 13.8 Å². The average molecular weight is 386 g/mol. The normalized spacial score (nSPS) is 16.7. The number of hydrogen-bond acceptors (Lipinski definition) is 2. The lowest BCUT2D eigenvalue weighted by Crippen LogP contribution is -2.51. The van der Waals surface area contributed by atoms with Crippen molar-refractivity contribution in [3.05, 3.63) is 77.6 Å². The second-order valence-electron chi connectivity index (χ2n) is 8.20. The summed E-state index contributed by atoms with van der Waals surface area (Å²) < 4.78 is 2.29. The summed E-state index contributed by atoms with van der Waals surface area (Å²) in [6, 6.07) is 18.8. The van der Waals surface area contributed by atoms with Crippen LogP contribution in [-0.2, 0) is 5.54 Å². The Morgan fingerprint density at radius 1 is 1.00 bits per heavy atom. The van der Waals surface area contributed by atoms with Gasteiger partial charge in [0.1, 0.15) is 0 Å². The lowest BCUT2D eigenvalue weighted by atomic mass is 9.82. The van der Waals surface area contributed by atoms with Crippen LogP contribution in [0.3, 0.4) is 0 Å². The van der Waals surface area contributed by atoms with E-state index in [-0.39, 0.29) is 11.6 Å². The van der Waals surface area contributed by atoms with Crippen LogP contribution in [0.15, 0.2) is 60.8 Å². The highest BCUT2D eigenvalue weighted by Gasteiger charge is 2.42. The van der Waals surface area contributed by atoms with Crippen molar-refractivity contribution >= 4 is 17.4 Å². The van der Waals surface area contributed by atoms with E-state index in [2.05, 4.69) is 71.6 Å². The molecule has 1 spiro atoms.